The molecular weight excluding hydrogens is 330 g/mol. The Morgan fingerprint density at radius 1 is 0.923 bits per heavy atom. The van der Waals surface area contributed by atoms with Crippen LogP contribution in [-0.2, 0) is 9.53 Å². The minimum atomic E-state index is -0.853. The number of amides is 1. The molecule has 0 spiro atoms. The van der Waals surface area contributed by atoms with Crippen molar-refractivity contribution in [2.24, 2.45) is 0 Å². The highest BCUT2D eigenvalue weighted by Crippen LogP contribution is 2.16. The van der Waals surface area contributed by atoms with Crippen molar-refractivity contribution in [2.45, 2.75) is 66.7 Å². The molecule has 2 aromatic rings. The van der Waals surface area contributed by atoms with Crippen molar-refractivity contribution in [3.63, 3.8) is 0 Å². The van der Waals surface area contributed by atoms with E-state index in [2.05, 4.69) is 9.97 Å². The second-order valence-electron chi connectivity index (χ2n) is 7.08. The molecule has 0 aliphatic heterocycles. The number of fused-ring (bicyclic) bond motifs is 1. The van der Waals surface area contributed by atoms with Gasteiger partial charge in [-0.05, 0) is 66.7 Å². The van der Waals surface area contributed by atoms with Gasteiger partial charge in [-0.15, -0.1) is 0 Å². The van der Waals surface area contributed by atoms with Gasteiger partial charge in [0.15, 0.2) is 6.10 Å². The molecule has 0 radical (unpaired) electrons. The number of aromatic nitrogens is 2. The van der Waals surface area contributed by atoms with E-state index in [0.717, 1.165) is 16.9 Å². The third-order valence-corrected chi connectivity index (χ3v) is 4.31. The molecule has 2 rings (SSSR count). The van der Waals surface area contributed by atoms with Crippen molar-refractivity contribution in [3.8, 4) is 0 Å². The van der Waals surface area contributed by atoms with E-state index in [4.69, 9.17) is 4.74 Å². The van der Waals surface area contributed by atoms with E-state index < -0.39 is 12.1 Å². The van der Waals surface area contributed by atoms with Gasteiger partial charge in [0.2, 0.25) is 0 Å². The minimum Gasteiger partial charge on any atom is -0.449 e. The number of benzene rings is 1. The standard InChI is InChI=1S/C20H27N3O3/c1-11(2)23(12(3)4)19(24)15(7)26-20(25)16-8-9-17-18(10-16)22-14(6)13(5)21-17/h8-12,15H,1-7H3/t15-/m0/s1. The lowest BCUT2D eigenvalue weighted by Gasteiger charge is -2.32. The third-order valence-electron chi connectivity index (χ3n) is 4.31. The maximum Gasteiger partial charge on any atom is 0.338 e. The molecule has 6 nitrogen and oxygen atoms in total. The maximum atomic E-state index is 12.6. The van der Waals surface area contributed by atoms with Crippen molar-refractivity contribution in [2.75, 3.05) is 0 Å². The number of aryl methyl sites for hydroxylation is 2. The molecule has 0 unspecified atom stereocenters. The number of nitrogens with zero attached hydrogens (tertiary/aromatic N) is 3. The van der Waals surface area contributed by atoms with E-state index in [1.165, 1.54) is 0 Å². The summed E-state index contributed by atoms with van der Waals surface area (Å²) in [6.45, 7) is 13.1. The molecule has 6 heteroatoms. The van der Waals surface area contributed by atoms with Gasteiger partial charge >= 0.3 is 5.97 Å². The summed E-state index contributed by atoms with van der Waals surface area (Å²) in [5.41, 5.74) is 3.38. The SMILES string of the molecule is Cc1nc2ccc(C(=O)O[C@@H](C)C(=O)N(C(C)C)C(C)C)cc2nc1C. The average Bonchev–Trinajstić information content (AvgIpc) is 2.54. The van der Waals surface area contributed by atoms with Crippen LogP contribution in [0.25, 0.3) is 11.0 Å². The Morgan fingerprint density at radius 2 is 1.46 bits per heavy atom. The Labute approximate surface area is 154 Å². The smallest absolute Gasteiger partial charge is 0.338 e. The van der Waals surface area contributed by atoms with Gasteiger partial charge in [-0.25, -0.2) is 14.8 Å². The van der Waals surface area contributed by atoms with Crippen LogP contribution in [0.4, 0.5) is 0 Å². The summed E-state index contributed by atoms with van der Waals surface area (Å²) < 4.78 is 5.40. The first-order valence-corrected chi connectivity index (χ1v) is 8.90. The van der Waals surface area contributed by atoms with Gasteiger partial charge in [-0.1, -0.05) is 0 Å². The van der Waals surface area contributed by atoms with E-state index in [0.29, 0.717) is 11.1 Å². The van der Waals surface area contributed by atoms with Gasteiger partial charge in [0.1, 0.15) is 0 Å². The van der Waals surface area contributed by atoms with E-state index in [1.54, 1.807) is 30.0 Å². The normalized spacial score (nSPS) is 12.5. The van der Waals surface area contributed by atoms with Gasteiger partial charge < -0.3 is 9.64 Å². The van der Waals surface area contributed by atoms with E-state index in [-0.39, 0.29) is 18.0 Å². The lowest BCUT2D eigenvalue weighted by molar-refractivity contribution is -0.143. The van der Waals surface area contributed by atoms with Crippen molar-refractivity contribution in [1.29, 1.82) is 0 Å². The number of carbonyl (C=O) groups excluding carboxylic acids is 2. The predicted molar refractivity (Wildman–Crippen MR) is 101 cm³/mol. The van der Waals surface area contributed by atoms with Gasteiger partial charge in [0.25, 0.3) is 5.91 Å². The maximum absolute atomic E-state index is 12.6. The first kappa shape index (κ1) is 19.8. The van der Waals surface area contributed by atoms with E-state index in [1.807, 2.05) is 41.5 Å². The summed E-state index contributed by atoms with van der Waals surface area (Å²) in [6, 6.07) is 5.11. The van der Waals surface area contributed by atoms with E-state index >= 15 is 0 Å². The van der Waals surface area contributed by atoms with Gasteiger partial charge in [-0.2, -0.15) is 0 Å². The van der Waals surface area contributed by atoms with Crippen LogP contribution in [0.1, 0.15) is 56.4 Å². The van der Waals surface area contributed by atoms with Crippen LogP contribution in [0, 0.1) is 13.8 Å². The van der Waals surface area contributed by atoms with Crippen LogP contribution in [0.2, 0.25) is 0 Å². The first-order valence-electron chi connectivity index (χ1n) is 8.90. The Morgan fingerprint density at radius 3 is 2.00 bits per heavy atom. The van der Waals surface area contributed by atoms with Crippen molar-refractivity contribution in [1.82, 2.24) is 14.9 Å². The fourth-order valence-electron chi connectivity index (χ4n) is 2.95. The Hall–Kier alpha value is -2.50. The second kappa shape index (κ2) is 7.81. The largest absolute Gasteiger partial charge is 0.449 e. The molecule has 26 heavy (non-hydrogen) atoms. The predicted octanol–water partition coefficient (Wildman–Crippen LogP) is 3.44. The Balaban J connectivity index is 2.20. The molecule has 1 aromatic carbocycles. The molecule has 1 heterocycles. The molecule has 1 amide bonds. The lowest BCUT2D eigenvalue weighted by Crippen LogP contribution is -2.47. The summed E-state index contributed by atoms with van der Waals surface area (Å²) in [7, 11) is 0. The molecule has 0 aliphatic rings. The quantitative estimate of drug-likeness (QED) is 0.767. The Kier molecular flexibility index (Phi) is 5.95. The summed E-state index contributed by atoms with van der Waals surface area (Å²) >= 11 is 0. The molecule has 0 bridgehead atoms. The average molecular weight is 357 g/mol. The van der Waals surface area contributed by atoms with Gasteiger partial charge in [0.05, 0.1) is 28.0 Å². The number of esters is 1. The highest BCUT2D eigenvalue weighted by molar-refractivity contribution is 5.95. The van der Waals surface area contributed by atoms with Crippen LogP contribution in [0.3, 0.4) is 0 Å². The monoisotopic (exact) mass is 357 g/mol. The lowest BCUT2D eigenvalue weighted by atomic mass is 10.1. The van der Waals surface area contributed by atoms with Crippen LogP contribution in [-0.4, -0.2) is 44.9 Å². The highest BCUT2D eigenvalue weighted by Gasteiger charge is 2.28. The zero-order valence-electron chi connectivity index (χ0n) is 16.5. The van der Waals surface area contributed by atoms with Crippen LogP contribution >= 0.6 is 0 Å². The zero-order valence-corrected chi connectivity index (χ0v) is 16.5. The number of rotatable bonds is 5. The van der Waals surface area contributed by atoms with Crippen molar-refractivity contribution >= 4 is 22.9 Å². The summed E-state index contributed by atoms with van der Waals surface area (Å²) in [5, 5.41) is 0. The number of ether oxygens (including phenoxy) is 1. The topological polar surface area (TPSA) is 72.4 Å². The first-order chi connectivity index (χ1) is 12.1. The minimum absolute atomic E-state index is 0.0332. The fraction of sp³-hybridized carbons (Fsp3) is 0.500. The summed E-state index contributed by atoms with van der Waals surface area (Å²) in [4.78, 5) is 35.7. The molecule has 1 atom stereocenters. The van der Waals surface area contributed by atoms with E-state index in [9.17, 15) is 9.59 Å². The number of hydrogen-bond donors (Lipinski definition) is 0. The number of hydrogen-bond acceptors (Lipinski definition) is 5. The van der Waals surface area contributed by atoms with Gasteiger partial charge in [0, 0.05) is 12.1 Å². The fourth-order valence-corrected chi connectivity index (χ4v) is 2.95. The zero-order chi connectivity index (χ0) is 19.6. The Bertz CT molecular complexity index is 822. The number of carbonyl (C=O) groups is 2. The molecule has 0 saturated heterocycles. The highest BCUT2D eigenvalue weighted by atomic mass is 16.5. The van der Waals surface area contributed by atoms with Crippen LogP contribution in [0.5, 0.6) is 0 Å². The van der Waals surface area contributed by atoms with Crippen LogP contribution in [0.15, 0.2) is 18.2 Å². The molecule has 0 aliphatic carbocycles. The summed E-state index contributed by atoms with van der Waals surface area (Å²) in [5.74, 6) is -0.740. The molecule has 0 saturated carbocycles. The van der Waals surface area contributed by atoms with Crippen molar-refractivity contribution in [3.05, 3.63) is 35.2 Å². The molecule has 140 valence electrons. The molecule has 0 N–H and O–H groups in total. The molecule has 1 aromatic heterocycles. The second-order valence-corrected chi connectivity index (χ2v) is 7.08. The summed E-state index contributed by atoms with van der Waals surface area (Å²) in [6.07, 6.45) is -0.853. The third kappa shape index (κ3) is 4.18. The van der Waals surface area contributed by atoms with Crippen molar-refractivity contribution < 1.29 is 14.3 Å². The van der Waals surface area contributed by atoms with Gasteiger partial charge in [-0.3, -0.25) is 4.79 Å². The van der Waals surface area contributed by atoms with Crippen LogP contribution < -0.4 is 0 Å². The molecular formula is C20H27N3O3. The molecule has 0 fully saturated rings.